The van der Waals surface area contributed by atoms with Crippen LogP contribution in [0.3, 0.4) is 0 Å². The van der Waals surface area contributed by atoms with Gasteiger partial charge in [-0.25, -0.2) is 0 Å². The Kier molecular flexibility index (Phi) is 8.84. The lowest BCUT2D eigenvalue weighted by Crippen LogP contribution is -2.56. The normalized spacial score (nSPS) is 26.9. The number of rotatable bonds is 4. The number of nitrogens with two attached hydrogens (primary N) is 1. The number of hydrogen-bond acceptors (Lipinski definition) is 4. The van der Waals surface area contributed by atoms with E-state index < -0.39 is 0 Å². The molecule has 3 aliphatic rings. The predicted octanol–water partition coefficient (Wildman–Crippen LogP) is 4.41. The van der Waals surface area contributed by atoms with Gasteiger partial charge in [-0.1, -0.05) is 6.08 Å². The summed E-state index contributed by atoms with van der Waals surface area (Å²) in [5.41, 5.74) is 8.91. The second-order valence-electron chi connectivity index (χ2n) is 7.06. The van der Waals surface area contributed by atoms with Crippen molar-refractivity contribution in [2.75, 3.05) is 20.2 Å². The molecule has 2 bridgehead atoms. The van der Waals surface area contributed by atoms with Gasteiger partial charge < -0.3 is 10.5 Å². The van der Waals surface area contributed by atoms with Crippen LogP contribution in [0.25, 0.3) is 10.9 Å². The molecule has 3 aliphatic heterocycles. The minimum atomic E-state index is -0.00354. The Bertz CT molecular complexity index is 773. The lowest BCUT2D eigenvalue weighted by Gasteiger charge is -2.51. The van der Waals surface area contributed by atoms with Crippen LogP contribution in [-0.4, -0.2) is 36.1 Å². The summed E-state index contributed by atoms with van der Waals surface area (Å²) in [5, 5.41) is 1.10. The summed E-state index contributed by atoms with van der Waals surface area (Å²) in [6.45, 7) is 6.26. The molecule has 2 unspecified atom stereocenters. The molecule has 7 heteroatoms. The molecule has 0 amide bonds. The third kappa shape index (κ3) is 4.36. The van der Waals surface area contributed by atoms with Gasteiger partial charge >= 0.3 is 0 Å². The number of methoxy groups -OCH3 is 1. The fourth-order valence-corrected chi connectivity index (χ4v) is 4.52. The van der Waals surface area contributed by atoms with E-state index in [2.05, 4.69) is 34.7 Å². The number of hydrogen-bond donors (Lipinski definition) is 1. The van der Waals surface area contributed by atoms with E-state index >= 15 is 0 Å². The third-order valence-electron chi connectivity index (χ3n) is 5.91. The van der Waals surface area contributed by atoms with Crippen LogP contribution in [0.4, 0.5) is 0 Å². The molecule has 0 saturated carbocycles. The molecule has 4 nitrogen and oxygen atoms in total. The van der Waals surface area contributed by atoms with E-state index in [0.29, 0.717) is 12.0 Å². The summed E-state index contributed by atoms with van der Waals surface area (Å²) in [7, 11) is 1.69. The number of halogens is 3. The van der Waals surface area contributed by atoms with Crippen LogP contribution in [0.5, 0.6) is 5.75 Å². The van der Waals surface area contributed by atoms with Crippen LogP contribution in [0.2, 0.25) is 0 Å². The first-order valence-electron chi connectivity index (χ1n) is 8.76. The average Bonchev–Trinajstić information content (AvgIpc) is 2.66. The molecule has 2 N–H and O–H groups in total. The van der Waals surface area contributed by atoms with E-state index in [4.69, 9.17) is 10.5 Å². The van der Waals surface area contributed by atoms with Crippen molar-refractivity contribution in [2.45, 2.75) is 24.9 Å². The standard InChI is InChI=1S/C20H25N3O.3ClH/c1-3-13-12-23-9-7-14(13)10-19(23)20(21)16-6-8-22-18-5-4-15(24-2)11-17(16)18;;;/h3-6,8,11,13-14,19-20H,1,7,9-10,12,21H2,2H3;3*1H/t13-,14-,19+,20?;;;/m0.../s1. The minimum Gasteiger partial charge on any atom is -0.497 e. The Hall–Kier alpha value is -1.04. The lowest BCUT2D eigenvalue weighted by molar-refractivity contribution is 0.00749. The van der Waals surface area contributed by atoms with Crippen molar-refractivity contribution in [1.82, 2.24) is 9.88 Å². The molecule has 0 radical (unpaired) electrons. The number of ether oxygens (including phenoxy) is 1. The molecule has 0 spiro atoms. The van der Waals surface area contributed by atoms with Gasteiger partial charge in [0.25, 0.3) is 0 Å². The molecule has 3 saturated heterocycles. The maximum atomic E-state index is 6.76. The predicted molar refractivity (Wildman–Crippen MR) is 119 cm³/mol. The minimum absolute atomic E-state index is 0. The molecule has 2 aromatic rings. The van der Waals surface area contributed by atoms with Crippen LogP contribution in [-0.2, 0) is 0 Å². The second-order valence-corrected chi connectivity index (χ2v) is 7.06. The van der Waals surface area contributed by atoms with Crippen molar-refractivity contribution < 1.29 is 4.74 Å². The van der Waals surface area contributed by atoms with Gasteiger partial charge in [0.05, 0.1) is 12.6 Å². The number of aromatic nitrogens is 1. The molecule has 3 fully saturated rings. The Labute approximate surface area is 179 Å². The molecular formula is C20H28Cl3N3O. The van der Waals surface area contributed by atoms with E-state index in [1.807, 2.05) is 18.3 Å². The van der Waals surface area contributed by atoms with Crippen molar-refractivity contribution in [3.63, 3.8) is 0 Å². The molecule has 1 aromatic heterocycles. The number of benzene rings is 1. The van der Waals surface area contributed by atoms with E-state index in [9.17, 15) is 0 Å². The van der Waals surface area contributed by atoms with Crippen molar-refractivity contribution >= 4 is 48.1 Å². The number of pyridine rings is 1. The van der Waals surface area contributed by atoms with Gasteiger partial charge in [-0.2, -0.15) is 0 Å². The Morgan fingerprint density at radius 2 is 2.07 bits per heavy atom. The average molecular weight is 433 g/mol. The van der Waals surface area contributed by atoms with Gasteiger partial charge in [-0.15, -0.1) is 43.8 Å². The third-order valence-corrected chi connectivity index (χ3v) is 5.91. The van der Waals surface area contributed by atoms with Crippen LogP contribution in [0, 0.1) is 11.8 Å². The van der Waals surface area contributed by atoms with Gasteiger partial charge in [0.15, 0.2) is 0 Å². The zero-order valence-corrected chi connectivity index (χ0v) is 17.9. The topological polar surface area (TPSA) is 51.4 Å². The van der Waals surface area contributed by atoms with E-state index in [1.54, 1.807) is 7.11 Å². The Balaban J connectivity index is 0.00000121. The fourth-order valence-electron chi connectivity index (χ4n) is 4.52. The van der Waals surface area contributed by atoms with Crippen molar-refractivity contribution in [3.05, 3.63) is 48.7 Å². The van der Waals surface area contributed by atoms with Gasteiger partial charge in [0.2, 0.25) is 0 Å². The molecule has 5 atom stereocenters. The first kappa shape index (κ1) is 24.0. The van der Waals surface area contributed by atoms with Gasteiger partial charge in [0, 0.05) is 30.2 Å². The largest absolute Gasteiger partial charge is 0.497 e. The molecule has 4 heterocycles. The molecule has 1 aromatic carbocycles. The summed E-state index contributed by atoms with van der Waals surface area (Å²) in [6, 6.07) is 8.48. The van der Waals surface area contributed by atoms with E-state index in [0.717, 1.165) is 42.1 Å². The van der Waals surface area contributed by atoms with Crippen molar-refractivity contribution in [2.24, 2.45) is 17.6 Å². The highest BCUT2D eigenvalue weighted by molar-refractivity contribution is 5.86. The summed E-state index contributed by atoms with van der Waals surface area (Å²) in [5.74, 6) is 2.20. The summed E-state index contributed by atoms with van der Waals surface area (Å²) < 4.78 is 5.39. The fraction of sp³-hybridized carbons (Fsp3) is 0.450. The molecule has 0 aliphatic carbocycles. The summed E-state index contributed by atoms with van der Waals surface area (Å²) in [4.78, 5) is 7.04. The SMILES string of the molecule is C=C[C@H]1CN2CC[C@H]1C[C@@H]2C(N)c1ccnc2ccc(OC)cc12.Cl.Cl.Cl. The monoisotopic (exact) mass is 431 g/mol. The number of nitrogens with zero attached hydrogens (tertiary/aromatic N) is 2. The van der Waals surface area contributed by atoms with Crippen molar-refractivity contribution in [3.8, 4) is 5.75 Å². The quantitative estimate of drug-likeness (QED) is 0.727. The highest BCUT2D eigenvalue weighted by atomic mass is 35.5. The van der Waals surface area contributed by atoms with Crippen LogP contribution in [0.1, 0.15) is 24.4 Å². The first-order chi connectivity index (χ1) is 11.7. The number of piperidine rings is 3. The second kappa shape index (κ2) is 9.94. The van der Waals surface area contributed by atoms with Gasteiger partial charge in [0.1, 0.15) is 5.75 Å². The van der Waals surface area contributed by atoms with Gasteiger partial charge in [-0.05, 0) is 61.1 Å². The summed E-state index contributed by atoms with van der Waals surface area (Å²) >= 11 is 0. The zero-order chi connectivity index (χ0) is 16.7. The molecule has 150 valence electrons. The smallest absolute Gasteiger partial charge is 0.119 e. The van der Waals surface area contributed by atoms with Crippen LogP contribution < -0.4 is 10.5 Å². The van der Waals surface area contributed by atoms with Crippen LogP contribution in [0.15, 0.2) is 43.1 Å². The first-order valence-corrected chi connectivity index (χ1v) is 8.76. The maximum absolute atomic E-state index is 6.76. The highest BCUT2D eigenvalue weighted by Crippen LogP contribution is 2.41. The Morgan fingerprint density at radius 3 is 2.70 bits per heavy atom. The van der Waals surface area contributed by atoms with Crippen molar-refractivity contribution in [1.29, 1.82) is 0 Å². The summed E-state index contributed by atoms with van der Waals surface area (Å²) in [6.07, 6.45) is 6.43. The van der Waals surface area contributed by atoms with Crippen LogP contribution >= 0.6 is 37.2 Å². The molecule has 27 heavy (non-hydrogen) atoms. The zero-order valence-electron chi connectivity index (χ0n) is 15.4. The van der Waals surface area contributed by atoms with E-state index in [1.165, 1.54) is 12.0 Å². The molecular weight excluding hydrogens is 405 g/mol. The number of fused-ring (bicyclic) bond motifs is 4. The lowest BCUT2D eigenvalue weighted by atomic mass is 9.73. The maximum Gasteiger partial charge on any atom is 0.119 e. The molecule has 5 rings (SSSR count). The van der Waals surface area contributed by atoms with Gasteiger partial charge in [-0.3, -0.25) is 9.88 Å². The highest BCUT2D eigenvalue weighted by Gasteiger charge is 2.41. The Morgan fingerprint density at radius 1 is 1.30 bits per heavy atom. The van der Waals surface area contributed by atoms with E-state index in [-0.39, 0.29) is 43.3 Å².